The van der Waals surface area contributed by atoms with E-state index < -0.39 is 8.07 Å². The van der Waals surface area contributed by atoms with Crippen molar-refractivity contribution in [3.63, 3.8) is 0 Å². The van der Waals surface area contributed by atoms with E-state index in [0.29, 0.717) is 0 Å². The summed E-state index contributed by atoms with van der Waals surface area (Å²) in [5.41, 5.74) is 3.34. The fraction of sp³-hybridized carbons (Fsp3) is 0.733. The minimum Gasteiger partial charge on any atom is -0.127 e. The number of rotatable bonds is 7. The van der Waals surface area contributed by atoms with Crippen LogP contribution in [0.5, 0.6) is 0 Å². The van der Waals surface area contributed by atoms with Crippen molar-refractivity contribution >= 4 is 8.07 Å². The fourth-order valence-corrected chi connectivity index (χ4v) is 1.96. The van der Waals surface area contributed by atoms with Gasteiger partial charge >= 0.3 is 0 Å². The first-order valence-corrected chi connectivity index (χ1v) is 10.2. The van der Waals surface area contributed by atoms with Crippen LogP contribution in [-0.4, -0.2) is 8.07 Å². The maximum Gasteiger partial charge on any atom is 0.129 e. The van der Waals surface area contributed by atoms with Crippen LogP contribution in [0.25, 0.3) is 0 Å². The van der Waals surface area contributed by atoms with Gasteiger partial charge in [0, 0.05) is 0 Å². The van der Waals surface area contributed by atoms with E-state index in [9.17, 15) is 0 Å². The molecule has 0 nitrogen and oxygen atoms in total. The van der Waals surface area contributed by atoms with E-state index in [1.807, 2.05) is 6.08 Å². The molecule has 0 aliphatic rings. The summed E-state index contributed by atoms with van der Waals surface area (Å²) in [5.74, 6) is 3.17. The average Bonchev–Trinajstić information content (AvgIpc) is 2.19. The van der Waals surface area contributed by atoms with Crippen molar-refractivity contribution in [1.29, 1.82) is 0 Å². The molecule has 0 aliphatic carbocycles. The first-order valence-electron chi connectivity index (χ1n) is 6.74. The van der Waals surface area contributed by atoms with Crippen molar-refractivity contribution in [3.8, 4) is 11.5 Å². The van der Waals surface area contributed by atoms with Crippen molar-refractivity contribution < 1.29 is 0 Å². The smallest absolute Gasteiger partial charge is 0.127 e. The van der Waals surface area contributed by atoms with Crippen LogP contribution < -0.4 is 0 Å². The quantitative estimate of drug-likeness (QED) is 0.325. The largest absolute Gasteiger partial charge is 0.129 e. The van der Waals surface area contributed by atoms with Gasteiger partial charge in [0.15, 0.2) is 0 Å². The zero-order chi connectivity index (χ0) is 12.3. The summed E-state index contributed by atoms with van der Waals surface area (Å²) < 4.78 is 0. The molecule has 0 aromatic heterocycles. The van der Waals surface area contributed by atoms with Crippen LogP contribution in [0, 0.1) is 11.5 Å². The summed E-state index contributed by atoms with van der Waals surface area (Å²) in [6.45, 7) is 9.10. The van der Waals surface area contributed by atoms with Crippen LogP contribution in [0.2, 0.25) is 19.6 Å². The highest BCUT2D eigenvalue weighted by Gasteiger charge is 2.06. The van der Waals surface area contributed by atoms with E-state index in [2.05, 4.69) is 44.1 Å². The molecule has 0 atom stereocenters. The summed E-state index contributed by atoms with van der Waals surface area (Å²) >= 11 is 0. The Hall–Kier alpha value is -0.483. The second kappa shape index (κ2) is 9.72. The van der Waals surface area contributed by atoms with Gasteiger partial charge in [-0.25, -0.2) is 0 Å². The molecule has 0 saturated carbocycles. The third-order valence-electron chi connectivity index (χ3n) is 2.37. The molecule has 0 amide bonds. The van der Waals surface area contributed by atoms with E-state index in [4.69, 9.17) is 0 Å². The molecule has 0 rings (SSSR count). The van der Waals surface area contributed by atoms with E-state index in [-0.39, 0.29) is 0 Å². The molecular formula is C15H28Si. The molecule has 0 N–H and O–H groups in total. The molecule has 92 valence electrons. The lowest BCUT2D eigenvalue weighted by Gasteiger charge is -2.02. The van der Waals surface area contributed by atoms with Gasteiger partial charge in [-0.1, -0.05) is 70.7 Å². The second-order valence-electron chi connectivity index (χ2n) is 5.48. The average molecular weight is 236 g/mol. The van der Waals surface area contributed by atoms with Crippen LogP contribution in [0.15, 0.2) is 12.2 Å². The first-order chi connectivity index (χ1) is 7.56. The summed E-state index contributed by atoms with van der Waals surface area (Å²) in [5, 5.41) is 0. The van der Waals surface area contributed by atoms with Gasteiger partial charge in [0.2, 0.25) is 0 Å². The Kier molecular flexibility index (Phi) is 9.43. The van der Waals surface area contributed by atoms with Crippen molar-refractivity contribution in [2.45, 2.75) is 71.5 Å². The summed E-state index contributed by atoms with van der Waals surface area (Å²) in [6, 6.07) is 0. The zero-order valence-electron chi connectivity index (χ0n) is 11.6. The van der Waals surface area contributed by atoms with Crippen LogP contribution >= 0.6 is 0 Å². The van der Waals surface area contributed by atoms with E-state index in [0.717, 1.165) is 0 Å². The number of allylic oxidation sites excluding steroid dienone is 2. The lowest BCUT2D eigenvalue weighted by atomic mass is 10.1. The Morgan fingerprint density at radius 2 is 1.56 bits per heavy atom. The number of unbranched alkanes of at least 4 members (excludes halogenated alkanes) is 6. The van der Waals surface area contributed by atoms with Crippen molar-refractivity contribution in [2.24, 2.45) is 0 Å². The van der Waals surface area contributed by atoms with Gasteiger partial charge in [0.25, 0.3) is 0 Å². The zero-order valence-corrected chi connectivity index (χ0v) is 12.6. The SMILES string of the molecule is CCCCCCCC/C=C\C#C[Si](C)(C)C. The Morgan fingerprint density at radius 1 is 0.938 bits per heavy atom. The van der Waals surface area contributed by atoms with Crippen molar-refractivity contribution in [3.05, 3.63) is 12.2 Å². The minimum absolute atomic E-state index is 1.16. The van der Waals surface area contributed by atoms with Crippen LogP contribution in [0.4, 0.5) is 0 Å². The molecule has 0 radical (unpaired) electrons. The van der Waals surface area contributed by atoms with Gasteiger partial charge in [0.05, 0.1) is 0 Å². The lowest BCUT2D eigenvalue weighted by Crippen LogP contribution is -2.16. The maximum absolute atomic E-state index is 3.34. The minimum atomic E-state index is -1.16. The van der Waals surface area contributed by atoms with Crippen LogP contribution in [0.1, 0.15) is 51.9 Å². The highest BCUT2D eigenvalue weighted by molar-refractivity contribution is 6.83. The van der Waals surface area contributed by atoms with E-state index in [1.54, 1.807) is 0 Å². The van der Waals surface area contributed by atoms with Crippen molar-refractivity contribution in [2.75, 3.05) is 0 Å². The highest BCUT2D eigenvalue weighted by atomic mass is 28.3. The standard InChI is InChI=1S/C15H28Si/c1-5-6-7-8-9-10-11-12-13-14-15-16(2,3)4/h12-13H,5-11H2,1-4H3/b13-12-. The normalized spacial score (nSPS) is 11.5. The lowest BCUT2D eigenvalue weighted by molar-refractivity contribution is 0.611. The molecule has 0 unspecified atom stereocenters. The monoisotopic (exact) mass is 236 g/mol. The Balaban J connectivity index is 3.37. The summed E-state index contributed by atoms with van der Waals surface area (Å²) in [4.78, 5) is 0. The number of hydrogen-bond donors (Lipinski definition) is 0. The predicted octanol–water partition coefficient (Wildman–Crippen LogP) is 5.17. The Labute approximate surface area is 104 Å². The van der Waals surface area contributed by atoms with Crippen LogP contribution in [0.3, 0.4) is 0 Å². The van der Waals surface area contributed by atoms with Gasteiger partial charge in [-0.05, 0) is 18.9 Å². The van der Waals surface area contributed by atoms with Gasteiger partial charge in [0.1, 0.15) is 8.07 Å². The summed E-state index contributed by atoms with van der Waals surface area (Å²) in [6.07, 6.45) is 13.7. The van der Waals surface area contributed by atoms with Gasteiger partial charge < -0.3 is 0 Å². The Morgan fingerprint density at radius 3 is 2.19 bits per heavy atom. The molecule has 0 bridgehead atoms. The second-order valence-corrected chi connectivity index (χ2v) is 10.2. The van der Waals surface area contributed by atoms with E-state index >= 15 is 0 Å². The maximum atomic E-state index is 3.34. The highest BCUT2D eigenvalue weighted by Crippen LogP contribution is 2.06. The van der Waals surface area contributed by atoms with Crippen molar-refractivity contribution in [1.82, 2.24) is 0 Å². The molecule has 0 aromatic rings. The molecule has 0 saturated heterocycles. The molecule has 0 fully saturated rings. The predicted molar refractivity (Wildman–Crippen MR) is 78.3 cm³/mol. The number of hydrogen-bond acceptors (Lipinski definition) is 0. The molecule has 0 heterocycles. The van der Waals surface area contributed by atoms with Gasteiger partial charge in [-0.2, -0.15) is 0 Å². The van der Waals surface area contributed by atoms with Gasteiger partial charge in [-0.3, -0.25) is 0 Å². The van der Waals surface area contributed by atoms with E-state index in [1.165, 1.54) is 44.9 Å². The fourth-order valence-electron chi connectivity index (χ4n) is 1.44. The molecule has 1 heteroatoms. The molecule has 0 aliphatic heterocycles. The van der Waals surface area contributed by atoms with Gasteiger partial charge in [-0.15, -0.1) is 5.54 Å². The third kappa shape index (κ3) is 13.5. The molecule has 0 spiro atoms. The molecule has 0 aromatic carbocycles. The molecular weight excluding hydrogens is 208 g/mol. The van der Waals surface area contributed by atoms with Crippen LogP contribution in [-0.2, 0) is 0 Å². The topological polar surface area (TPSA) is 0 Å². The third-order valence-corrected chi connectivity index (χ3v) is 3.27. The molecule has 16 heavy (non-hydrogen) atoms. The Bertz CT molecular complexity index is 234. The first kappa shape index (κ1) is 15.5. The summed E-state index contributed by atoms with van der Waals surface area (Å²) in [7, 11) is -1.16.